The summed E-state index contributed by atoms with van der Waals surface area (Å²) in [4.78, 5) is 20.4. The number of carbonyl (C=O) groups is 1. The molecule has 2 aliphatic rings. The summed E-state index contributed by atoms with van der Waals surface area (Å²) >= 11 is 6.21. The number of halogens is 6. The Labute approximate surface area is 206 Å². The van der Waals surface area contributed by atoms with Crippen molar-refractivity contribution < 1.29 is 36.2 Å². The van der Waals surface area contributed by atoms with Crippen molar-refractivity contribution in [3.05, 3.63) is 46.1 Å². The van der Waals surface area contributed by atoms with Crippen molar-refractivity contribution in [2.24, 2.45) is 22.7 Å². The monoisotopic (exact) mass is 534 g/mol. The zero-order valence-electron chi connectivity index (χ0n) is 18.8. The van der Waals surface area contributed by atoms with E-state index in [2.05, 4.69) is 30.5 Å². The van der Waals surface area contributed by atoms with Gasteiger partial charge in [-0.1, -0.05) is 18.5 Å². The van der Waals surface area contributed by atoms with Gasteiger partial charge >= 0.3 is 12.2 Å². The highest BCUT2D eigenvalue weighted by Gasteiger charge is 2.64. The van der Waals surface area contributed by atoms with Crippen LogP contribution >= 0.6 is 11.6 Å². The van der Waals surface area contributed by atoms with Gasteiger partial charge in [0.25, 0.3) is 5.91 Å². The van der Waals surface area contributed by atoms with Crippen LogP contribution in [0.3, 0.4) is 0 Å². The summed E-state index contributed by atoms with van der Waals surface area (Å²) in [5, 5.41) is 5.86. The summed E-state index contributed by atoms with van der Waals surface area (Å²) in [7, 11) is 0. The van der Waals surface area contributed by atoms with E-state index in [1.54, 1.807) is 6.92 Å². The molecule has 2 heterocycles. The van der Waals surface area contributed by atoms with Crippen LogP contribution in [0.25, 0.3) is 0 Å². The van der Waals surface area contributed by atoms with E-state index in [-0.39, 0.29) is 39.6 Å². The highest BCUT2D eigenvalue weighted by atomic mass is 35.5. The first-order chi connectivity index (χ1) is 16.9. The van der Waals surface area contributed by atoms with E-state index < -0.39 is 54.6 Å². The van der Waals surface area contributed by atoms with Crippen LogP contribution < -0.4 is 21.2 Å². The van der Waals surface area contributed by atoms with E-state index in [0.29, 0.717) is 0 Å². The number of benzene rings is 1. The lowest BCUT2D eigenvalue weighted by Crippen LogP contribution is -2.45. The number of ether oxygens (including phenoxy) is 2. The van der Waals surface area contributed by atoms with Crippen LogP contribution in [0.4, 0.5) is 27.6 Å². The van der Waals surface area contributed by atoms with Crippen LogP contribution in [0, 0.1) is 24.6 Å². The van der Waals surface area contributed by atoms with Gasteiger partial charge in [0.1, 0.15) is 29.8 Å². The smallest absolute Gasteiger partial charge is 0.422 e. The Morgan fingerprint density at radius 1 is 1.39 bits per heavy atom. The van der Waals surface area contributed by atoms with Gasteiger partial charge in [0.2, 0.25) is 5.88 Å². The van der Waals surface area contributed by atoms with Crippen molar-refractivity contribution in [3.8, 4) is 5.88 Å². The van der Waals surface area contributed by atoms with E-state index in [9.17, 15) is 26.7 Å². The molecule has 1 fully saturated rings. The minimum Gasteiger partial charge on any atom is -0.467 e. The minimum absolute atomic E-state index is 0.0120. The van der Waals surface area contributed by atoms with Crippen LogP contribution in [-0.2, 0) is 10.3 Å². The Bertz CT molecular complexity index is 1230. The van der Waals surface area contributed by atoms with Gasteiger partial charge in [-0.05, 0) is 19.1 Å². The van der Waals surface area contributed by atoms with Gasteiger partial charge in [0.05, 0.1) is 16.9 Å². The molecule has 1 aliphatic carbocycles. The van der Waals surface area contributed by atoms with Crippen molar-refractivity contribution in [1.82, 2.24) is 15.4 Å². The molecular weight excluding hydrogens is 515 g/mol. The van der Waals surface area contributed by atoms with E-state index in [1.165, 1.54) is 13.0 Å². The summed E-state index contributed by atoms with van der Waals surface area (Å²) < 4.78 is 76.4. The maximum Gasteiger partial charge on any atom is 0.422 e. The van der Waals surface area contributed by atoms with Crippen molar-refractivity contribution in [1.29, 1.82) is 0 Å². The number of amidine groups is 1. The molecule has 0 saturated heterocycles. The van der Waals surface area contributed by atoms with Gasteiger partial charge in [0.15, 0.2) is 6.61 Å². The number of hydrazone groups is 1. The van der Waals surface area contributed by atoms with Crippen LogP contribution in [-0.4, -0.2) is 47.5 Å². The number of aromatic nitrogens is 2. The fourth-order valence-electron chi connectivity index (χ4n) is 4.25. The lowest BCUT2D eigenvalue weighted by molar-refractivity contribution is -0.154. The van der Waals surface area contributed by atoms with Gasteiger partial charge in [-0.15, -0.1) is 5.10 Å². The molecule has 1 aromatic carbocycles. The second-order valence-electron chi connectivity index (χ2n) is 8.45. The molecule has 9 nitrogen and oxygen atoms in total. The Hall–Kier alpha value is -3.42. The number of carbonyl (C=O) groups excluding carboxylic acids is 1. The molecule has 1 aromatic heterocycles. The van der Waals surface area contributed by atoms with Crippen LogP contribution in [0.5, 0.6) is 5.88 Å². The van der Waals surface area contributed by atoms with Gasteiger partial charge in [-0.2, -0.15) is 13.2 Å². The van der Waals surface area contributed by atoms with Gasteiger partial charge in [-0.25, -0.2) is 18.7 Å². The lowest BCUT2D eigenvalue weighted by Gasteiger charge is -2.32. The highest BCUT2D eigenvalue weighted by Crippen LogP contribution is 2.55. The van der Waals surface area contributed by atoms with Crippen LogP contribution in [0.2, 0.25) is 5.02 Å². The van der Waals surface area contributed by atoms with E-state index in [4.69, 9.17) is 22.1 Å². The molecule has 0 spiro atoms. The van der Waals surface area contributed by atoms with Gasteiger partial charge in [-0.3, -0.25) is 10.2 Å². The molecule has 0 bridgehead atoms. The third kappa shape index (κ3) is 4.81. The topological polar surface area (TPSA) is 124 Å². The first-order valence-electron chi connectivity index (χ1n) is 10.5. The fraction of sp³-hybridized carbons (Fsp3) is 0.429. The summed E-state index contributed by atoms with van der Waals surface area (Å²) in [6.07, 6.45) is -4.20. The molecular formula is C21H20ClF5N6O3. The SMILES string of the molecule is Cc1nc(OCC(F)(F)F)cnc1C(=O)Nc1cc(F)c(Cl)c([C@]2(CF)NN=C(N)OC3C2[C@@H]3C)c1. The number of hydrogen-bond donors (Lipinski definition) is 3. The van der Waals surface area contributed by atoms with Crippen molar-refractivity contribution in [3.63, 3.8) is 0 Å². The van der Waals surface area contributed by atoms with Crippen molar-refractivity contribution in [2.75, 3.05) is 18.6 Å². The minimum atomic E-state index is -4.58. The number of nitrogens with zero attached hydrogens (tertiary/aromatic N) is 3. The largest absolute Gasteiger partial charge is 0.467 e. The Morgan fingerprint density at radius 2 is 2.11 bits per heavy atom. The normalized spacial score (nSPS) is 25.0. The molecule has 0 radical (unpaired) electrons. The lowest BCUT2D eigenvalue weighted by atomic mass is 9.85. The molecule has 15 heteroatoms. The van der Waals surface area contributed by atoms with Crippen molar-refractivity contribution >= 4 is 29.2 Å². The fourth-order valence-corrected chi connectivity index (χ4v) is 4.52. The molecule has 1 aliphatic heterocycles. The third-order valence-corrected chi connectivity index (χ3v) is 6.37. The standard InChI is InChI=1S/C21H20ClF5N6O3/c1-8-14-17(8)36-19(28)32-33-20(14,6-23)11-3-10(4-12(24)15(11)22)31-18(34)16-9(2)30-13(5-29-16)35-7-21(25,26)27/h3-5,8,14,17,33H,6-7H2,1-2H3,(H2,28,32)(H,31,34)/t8-,14?,17?,20-/m0/s1. The third-order valence-electron chi connectivity index (χ3n) is 5.99. The molecule has 1 saturated carbocycles. The number of anilines is 1. The molecule has 1 amide bonds. The number of amides is 1. The Balaban J connectivity index is 1.62. The number of rotatable bonds is 6. The molecule has 194 valence electrons. The number of aryl methyl sites for hydroxylation is 1. The maximum absolute atomic E-state index is 14.8. The molecule has 4 atom stereocenters. The van der Waals surface area contributed by atoms with E-state index >= 15 is 0 Å². The summed E-state index contributed by atoms with van der Waals surface area (Å²) in [5.74, 6) is -2.87. The van der Waals surface area contributed by atoms with Crippen LogP contribution in [0.1, 0.15) is 28.7 Å². The van der Waals surface area contributed by atoms with E-state index in [0.717, 1.165) is 12.3 Å². The summed E-state index contributed by atoms with van der Waals surface area (Å²) in [6.45, 7) is 0.518. The number of hydrogen-bond acceptors (Lipinski definition) is 8. The second kappa shape index (κ2) is 9.22. The van der Waals surface area contributed by atoms with Crippen molar-refractivity contribution in [2.45, 2.75) is 31.7 Å². The molecule has 36 heavy (non-hydrogen) atoms. The quantitative estimate of drug-likeness (QED) is 0.485. The molecule has 4 rings (SSSR count). The molecule has 2 unspecified atom stereocenters. The number of nitrogens with two attached hydrogens (primary N) is 1. The maximum atomic E-state index is 14.8. The Morgan fingerprint density at radius 3 is 2.75 bits per heavy atom. The van der Waals surface area contributed by atoms with Gasteiger partial charge < -0.3 is 20.5 Å². The molecule has 2 aromatic rings. The molecule has 4 N–H and O–H groups in total. The van der Waals surface area contributed by atoms with Crippen LogP contribution in [0.15, 0.2) is 23.4 Å². The second-order valence-corrected chi connectivity index (χ2v) is 8.83. The summed E-state index contributed by atoms with van der Waals surface area (Å²) in [6, 6.07) is 2.01. The average molecular weight is 535 g/mol. The average Bonchev–Trinajstić information content (AvgIpc) is 3.47. The predicted octanol–water partition coefficient (Wildman–Crippen LogP) is 3.42. The first-order valence-corrected chi connectivity index (χ1v) is 10.9. The number of alkyl halides is 4. The summed E-state index contributed by atoms with van der Waals surface area (Å²) in [5.41, 5.74) is 6.32. The zero-order chi connectivity index (χ0) is 26.4. The number of nitrogens with one attached hydrogen (secondary N) is 2. The highest BCUT2D eigenvalue weighted by molar-refractivity contribution is 6.31. The zero-order valence-corrected chi connectivity index (χ0v) is 19.5. The Kier molecular flexibility index (Phi) is 6.58. The van der Waals surface area contributed by atoms with Gasteiger partial charge in [0, 0.05) is 23.1 Å². The predicted molar refractivity (Wildman–Crippen MR) is 118 cm³/mol. The number of fused-ring (bicyclic) bond motifs is 1. The van der Waals surface area contributed by atoms with E-state index in [1.807, 2.05) is 0 Å². The first kappa shape index (κ1) is 25.7.